The van der Waals surface area contributed by atoms with Gasteiger partial charge in [-0.05, 0) is 45.2 Å². The maximum atomic E-state index is 12.7. The Balaban J connectivity index is 1.83. The normalized spacial score (nSPS) is 30.1. The third kappa shape index (κ3) is 4.09. The monoisotopic (exact) mass is 278 g/mol. The van der Waals surface area contributed by atoms with Crippen molar-refractivity contribution in [3.63, 3.8) is 0 Å². The predicted molar refractivity (Wildman–Crippen MR) is 65.5 cm³/mol. The molecule has 1 heterocycles. The van der Waals surface area contributed by atoms with Gasteiger partial charge in [-0.1, -0.05) is 6.42 Å². The third-order valence-electron chi connectivity index (χ3n) is 4.19. The van der Waals surface area contributed by atoms with E-state index in [1.165, 1.54) is 0 Å². The molecule has 0 aromatic rings. The van der Waals surface area contributed by atoms with Crippen molar-refractivity contribution >= 4 is 5.91 Å². The summed E-state index contributed by atoms with van der Waals surface area (Å²) < 4.78 is 38.1. The number of halogens is 3. The molecular formula is C13H21F3N2O. The van der Waals surface area contributed by atoms with E-state index in [2.05, 4.69) is 10.6 Å². The molecule has 2 atom stereocenters. The van der Waals surface area contributed by atoms with Crippen LogP contribution in [-0.2, 0) is 4.79 Å². The molecule has 2 N–H and O–H groups in total. The van der Waals surface area contributed by atoms with E-state index in [9.17, 15) is 18.0 Å². The smallest absolute Gasteiger partial charge is 0.353 e. The number of hydrogen-bond donors (Lipinski definition) is 2. The summed E-state index contributed by atoms with van der Waals surface area (Å²) in [7, 11) is 0. The lowest BCUT2D eigenvalue weighted by atomic mass is 9.84. The van der Waals surface area contributed by atoms with Gasteiger partial charge in [0.05, 0.1) is 5.92 Å². The molecular weight excluding hydrogens is 257 g/mol. The number of rotatable bonds is 2. The summed E-state index contributed by atoms with van der Waals surface area (Å²) >= 11 is 0. The second-order valence-corrected chi connectivity index (χ2v) is 5.63. The van der Waals surface area contributed by atoms with Crippen LogP contribution >= 0.6 is 0 Å². The minimum Gasteiger partial charge on any atom is -0.353 e. The highest BCUT2D eigenvalue weighted by Crippen LogP contribution is 2.37. The Morgan fingerprint density at radius 1 is 1.11 bits per heavy atom. The van der Waals surface area contributed by atoms with Crippen molar-refractivity contribution in [3.05, 3.63) is 0 Å². The SMILES string of the molecule is O=C(NC1CCCC(C(F)(F)F)C1)C1CCNCC1. The van der Waals surface area contributed by atoms with Gasteiger partial charge in [0.1, 0.15) is 0 Å². The largest absolute Gasteiger partial charge is 0.391 e. The maximum absolute atomic E-state index is 12.7. The maximum Gasteiger partial charge on any atom is 0.391 e. The summed E-state index contributed by atoms with van der Waals surface area (Å²) in [5.74, 6) is -1.35. The summed E-state index contributed by atoms with van der Waals surface area (Å²) in [4.78, 5) is 12.0. The van der Waals surface area contributed by atoms with Gasteiger partial charge in [-0.2, -0.15) is 13.2 Å². The number of nitrogens with one attached hydrogen (secondary N) is 2. The van der Waals surface area contributed by atoms with Crippen LogP contribution in [0.15, 0.2) is 0 Å². The van der Waals surface area contributed by atoms with E-state index in [-0.39, 0.29) is 30.7 Å². The number of piperidine rings is 1. The molecule has 2 unspecified atom stereocenters. The van der Waals surface area contributed by atoms with Crippen molar-refractivity contribution in [1.82, 2.24) is 10.6 Å². The first-order chi connectivity index (χ1) is 8.97. The fourth-order valence-electron chi connectivity index (χ4n) is 3.02. The average molecular weight is 278 g/mol. The van der Waals surface area contributed by atoms with E-state index in [0.717, 1.165) is 25.9 Å². The zero-order valence-electron chi connectivity index (χ0n) is 10.9. The number of amides is 1. The standard InChI is InChI=1S/C13H21F3N2O/c14-13(15,16)10-2-1-3-11(8-10)18-12(19)9-4-6-17-7-5-9/h9-11,17H,1-8H2,(H,18,19). The Hall–Kier alpha value is -0.780. The summed E-state index contributed by atoms with van der Waals surface area (Å²) in [5, 5.41) is 6.00. The summed E-state index contributed by atoms with van der Waals surface area (Å²) in [6.07, 6.45) is -1.12. The van der Waals surface area contributed by atoms with Gasteiger partial charge >= 0.3 is 6.18 Å². The predicted octanol–water partition coefficient (Wildman–Crippen LogP) is 2.22. The lowest BCUT2D eigenvalue weighted by molar-refractivity contribution is -0.184. The van der Waals surface area contributed by atoms with Crippen molar-refractivity contribution in [1.29, 1.82) is 0 Å². The van der Waals surface area contributed by atoms with Gasteiger partial charge in [-0.15, -0.1) is 0 Å². The van der Waals surface area contributed by atoms with Crippen LogP contribution in [0, 0.1) is 11.8 Å². The van der Waals surface area contributed by atoms with Crippen LogP contribution in [0.3, 0.4) is 0 Å². The fourth-order valence-corrected chi connectivity index (χ4v) is 3.02. The van der Waals surface area contributed by atoms with E-state index in [1.54, 1.807) is 0 Å². The highest BCUT2D eigenvalue weighted by molar-refractivity contribution is 5.79. The highest BCUT2D eigenvalue weighted by Gasteiger charge is 2.42. The molecule has 0 aromatic carbocycles. The van der Waals surface area contributed by atoms with Crippen LogP contribution in [-0.4, -0.2) is 31.2 Å². The van der Waals surface area contributed by atoms with Gasteiger partial charge in [0.2, 0.25) is 5.91 Å². The van der Waals surface area contributed by atoms with Crippen LogP contribution < -0.4 is 10.6 Å². The fraction of sp³-hybridized carbons (Fsp3) is 0.923. The first-order valence-electron chi connectivity index (χ1n) is 7.04. The van der Waals surface area contributed by atoms with Gasteiger partial charge in [0.25, 0.3) is 0 Å². The molecule has 0 aromatic heterocycles. The zero-order chi connectivity index (χ0) is 13.9. The highest BCUT2D eigenvalue weighted by atomic mass is 19.4. The summed E-state index contributed by atoms with van der Waals surface area (Å²) in [6, 6.07) is -0.303. The van der Waals surface area contributed by atoms with Crippen molar-refractivity contribution in [2.75, 3.05) is 13.1 Å². The Bertz CT molecular complexity index is 314. The summed E-state index contributed by atoms with van der Waals surface area (Å²) in [5.41, 5.74) is 0. The molecule has 1 saturated heterocycles. The molecule has 1 aliphatic carbocycles. The molecule has 19 heavy (non-hydrogen) atoms. The second-order valence-electron chi connectivity index (χ2n) is 5.63. The Morgan fingerprint density at radius 3 is 2.42 bits per heavy atom. The van der Waals surface area contributed by atoms with Crippen molar-refractivity contribution < 1.29 is 18.0 Å². The molecule has 1 aliphatic heterocycles. The van der Waals surface area contributed by atoms with Crippen molar-refractivity contribution in [3.8, 4) is 0 Å². The first-order valence-corrected chi connectivity index (χ1v) is 7.04. The van der Waals surface area contributed by atoms with Gasteiger partial charge in [0.15, 0.2) is 0 Å². The number of alkyl halides is 3. The lowest BCUT2D eigenvalue weighted by Crippen LogP contribution is -2.45. The van der Waals surface area contributed by atoms with Gasteiger partial charge in [-0.3, -0.25) is 4.79 Å². The lowest BCUT2D eigenvalue weighted by Gasteiger charge is -2.32. The topological polar surface area (TPSA) is 41.1 Å². The van der Waals surface area contributed by atoms with E-state index >= 15 is 0 Å². The Morgan fingerprint density at radius 2 is 1.79 bits per heavy atom. The molecule has 2 aliphatic rings. The van der Waals surface area contributed by atoms with Crippen LogP contribution in [0.5, 0.6) is 0 Å². The third-order valence-corrected chi connectivity index (χ3v) is 4.19. The Labute approximate surface area is 111 Å². The molecule has 0 radical (unpaired) electrons. The van der Waals surface area contributed by atoms with E-state index in [4.69, 9.17) is 0 Å². The first kappa shape index (κ1) is 14.6. The van der Waals surface area contributed by atoms with Crippen LogP contribution in [0.25, 0.3) is 0 Å². The van der Waals surface area contributed by atoms with Gasteiger partial charge in [-0.25, -0.2) is 0 Å². The molecule has 1 saturated carbocycles. The Kier molecular flexibility index (Phi) is 4.71. The van der Waals surface area contributed by atoms with Crippen molar-refractivity contribution in [2.45, 2.75) is 50.7 Å². The average Bonchev–Trinajstić information content (AvgIpc) is 2.39. The van der Waals surface area contributed by atoms with Crippen LogP contribution in [0.1, 0.15) is 38.5 Å². The molecule has 1 amide bonds. The minimum atomic E-state index is -4.13. The van der Waals surface area contributed by atoms with Crippen LogP contribution in [0.4, 0.5) is 13.2 Å². The number of carbonyl (C=O) groups is 1. The van der Waals surface area contributed by atoms with Crippen LogP contribution in [0.2, 0.25) is 0 Å². The van der Waals surface area contributed by atoms with Crippen molar-refractivity contribution in [2.24, 2.45) is 11.8 Å². The number of hydrogen-bond acceptors (Lipinski definition) is 2. The zero-order valence-corrected chi connectivity index (χ0v) is 10.9. The molecule has 110 valence electrons. The van der Waals surface area contributed by atoms with Gasteiger partial charge < -0.3 is 10.6 Å². The van der Waals surface area contributed by atoms with Gasteiger partial charge in [0, 0.05) is 12.0 Å². The number of carbonyl (C=O) groups excluding carboxylic acids is 1. The molecule has 0 spiro atoms. The quantitative estimate of drug-likeness (QED) is 0.813. The molecule has 3 nitrogen and oxygen atoms in total. The van der Waals surface area contributed by atoms with E-state index < -0.39 is 12.1 Å². The molecule has 2 fully saturated rings. The minimum absolute atomic E-state index is 0.0347. The molecule has 0 bridgehead atoms. The second kappa shape index (κ2) is 6.11. The molecule has 6 heteroatoms. The molecule has 2 rings (SSSR count). The van der Waals surface area contributed by atoms with E-state index in [1.807, 2.05) is 0 Å². The summed E-state index contributed by atoms with van der Waals surface area (Å²) in [6.45, 7) is 1.63. The van der Waals surface area contributed by atoms with E-state index in [0.29, 0.717) is 12.8 Å².